The van der Waals surface area contributed by atoms with Gasteiger partial charge in [-0.25, -0.2) is 0 Å². The van der Waals surface area contributed by atoms with Crippen molar-refractivity contribution in [3.05, 3.63) is 56.1 Å². The van der Waals surface area contributed by atoms with Crippen LogP contribution in [0.2, 0.25) is 0 Å². The number of thiophene rings is 1. The van der Waals surface area contributed by atoms with Crippen molar-refractivity contribution < 1.29 is 22.8 Å². The number of nitrogens with zero attached hydrogens (tertiary/aromatic N) is 3. The molecule has 0 amide bonds. The van der Waals surface area contributed by atoms with E-state index in [1.165, 1.54) is 23.9 Å². The van der Waals surface area contributed by atoms with Gasteiger partial charge in [0.25, 0.3) is 5.69 Å². The zero-order chi connectivity index (χ0) is 19.1. The highest BCUT2D eigenvalue weighted by molar-refractivity contribution is 7.18. The maximum atomic E-state index is 13.0. The number of hydrogen-bond acceptors (Lipinski definition) is 5. The molecule has 2 aromatic heterocycles. The lowest BCUT2D eigenvalue weighted by molar-refractivity contribution is -0.386. The minimum Gasteiger partial charge on any atom is -0.371 e. The van der Waals surface area contributed by atoms with Crippen LogP contribution in [0.25, 0.3) is 10.2 Å². The van der Waals surface area contributed by atoms with Gasteiger partial charge in [-0.15, -0.1) is 11.3 Å². The van der Waals surface area contributed by atoms with Crippen LogP contribution >= 0.6 is 11.3 Å². The van der Waals surface area contributed by atoms with E-state index in [1.54, 1.807) is 19.1 Å². The number of rotatable bonds is 5. The van der Waals surface area contributed by atoms with Crippen LogP contribution in [0, 0.1) is 17.0 Å². The van der Waals surface area contributed by atoms with Gasteiger partial charge in [-0.3, -0.25) is 14.8 Å². The van der Waals surface area contributed by atoms with Crippen molar-refractivity contribution in [1.29, 1.82) is 0 Å². The third kappa shape index (κ3) is 3.56. The third-order valence-corrected chi connectivity index (χ3v) is 4.95. The van der Waals surface area contributed by atoms with Gasteiger partial charge < -0.3 is 4.74 Å². The molecular formula is C16H14F3N3O3S. The Hall–Kier alpha value is -2.46. The van der Waals surface area contributed by atoms with Crippen molar-refractivity contribution in [2.75, 3.05) is 0 Å². The van der Waals surface area contributed by atoms with Gasteiger partial charge in [-0.1, -0.05) is 6.07 Å². The number of nitro groups is 1. The molecule has 1 aromatic carbocycles. The first kappa shape index (κ1) is 18.3. The van der Waals surface area contributed by atoms with E-state index in [-0.39, 0.29) is 24.3 Å². The van der Waals surface area contributed by atoms with Crippen molar-refractivity contribution in [2.24, 2.45) is 7.05 Å². The SMILES string of the molecule is Cc1ccc(COCc2cc3c(C(F)(F)F)nn(C)c3s2)c([N+](=O)[O-])c1. The molecule has 0 unspecified atom stereocenters. The Morgan fingerprint density at radius 3 is 2.69 bits per heavy atom. The predicted octanol–water partition coefficient (Wildman–Crippen LogP) is 4.59. The molecule has 0 aliphatic heterocycles. The fraction of sp³-hybridized carbons (Fsp3) is 0.312. The Morgan fingerprint density at radius 2 is 2.04 bits per heavy atom. The number of benzene rings is 1. The first-order valence-corrected chi connectivity index (χ1v) is 8.32. The summed E-state index contributed by atoms with van der Waals surface area (Å²) in [5, 5.41) is 14.6. The monoisotopic (exact) mass is 385 g/mol. The lowest BCUT2D eigenvalue weighted by Gasteiger charge is -2.05. The number of alkyl halides is 3. The molecule has 6 nitrogen and oxygen atoms in total. The van der Waals surface area contributed by atoms with Gasteiger partial charge in [0, 0.05) is 23.4 Å². The largest absolute Gasteiger partial charge is 0.435 e. The number of hydrogen-bond donors (Lipinski definition) is 0. The molecule has 26 heavy (non-hydrogen) atoms. The number of ether oxygens (including phenoxy) is 1. The van der Waals surface area contributed by atoms with Gasteiger partial charge in [0.2, 0.25) is 0 Å². The smallest absolute Gasteiger partial charge is 0.371 e. The fourth-order valence-electron chi connectivity index (χ4n) is 2.60. The topological polar surface area (TPSA) is 70.2 Å². The van der Waals surface area contributed by atoms with E-state index in [0.29, 0.717) is 15.3 Å². The molecule has 138 valence electrons. The van der Waals surface area contributed by atoms with E-state index in [9.17, 15) is 23.3 Å². The molecule has 0 bridgehead atoms. The molecule has 0 spiro atoms. The minimum atomic E-state index is -4.53. The second kappa shape index (κ2) is 6.69. The number of aryl methyl sites for hydroxylation is 2. The summed E-state index contributed by atoms with van der Waals surface area (Å²) >= 11 is 1.15. The van der Waals surface area contributed by atoms with E-state index < -0.39 is 16.8 Å². The van der Waals surface area contributed by atoms with E-state index in [2.05, 4.69) is 5.10 Å². The van der Waals surface area contributed by atoms with Gasteiger partial charge in [0.1, 0.15) is 4.83 Å². The fourth-order valence-corrected chi connectivity index (χ4v) is 3.60. The van der Waals surface area contributed by atoms with Crippen LogP contribution in [-0.4, -0.2) is 14.7 Å². The maximum Gasteiger partial charge on any atom is 0.435 e. The minimum absolute atomic E-state index is 0.00475. The van der Waals surface area contributed by atoms with Gasteiger partial charge in [0.05, 0.1) is 23.7 Å². The van der Waals surface area contributed by atoms with Crippen LogP contribution < -0.4 is 0 Å². The number of fused-ring (bicyclic) bond motifs is 1. The Kier molecular flexibility index (Phi) is 4.72. The van der Waals surface area contributed by atoms with E-state index >= 15 is 0 Å². The highest BCUT2D eigenvalue weighted by Crippen LogP contribution is 2.37. The molecule has 0 radical (unpaired) electrons. The van der Waals surface area contributed by atoms with Gasteiger partial charge >= 0.3 is 6.18 Å². The van der Waals surface area contributed by atoms with Crippen LogP contribution in [0.3, 0.4) is 0 Å². The molecule has 0 saturated heterocycles. The molecule has 3 rings (SSSR count). The first-order valence-electron chi connectivity index (χ1n) is 7.51. The summed E-state index contributed by atoms with van der Waals surface area (Å²) in [6.45, 7) is 1.80. The predicted molar refractivity (Wildman–Crippen MR) is 89.9 cm³/mol. The van der Waals surface area contributed by atoms with Crippen molar-refractivity contribution in [3.8, 4) is 0 Å². The second-order valence-corrected chi connectivity index (χ2v) is 6.90. The molecule has 0 aliphatic rings. The lowest BCUT2D eigenvalue weighted by atomic mass is 10.1. The maximum absolute atomic E-state index is 13.0. The standard InChI is InChI=1S/C16H14F3N3O3S/c1-9-3-4-10(13(5-9)22(23)24)7-25-8-11-6-12-14(16(17,18)19)20-21(2)15(12)26-11/h3-6H,7-8H2,1-2H3. The third-order valence-electron chi connectivity index (χ3n) is 3.77. The van der Waals surface area contributed by atoms with E-state index in [0.717, 1.165) is 16.9 Å². The Morgan fingerprint density at radius 1 is 1.31 bits per heavy atom. The van der Waals surface area contributed by atoms with Crippen molar-refractivity contribution >= 4 is 27.2 Å². The summed E-state index contributed by atoms with van der Waals surface area (Å²) < 4.78 is 45.7. The average molecular weight is 385 g/mol. The quantitative estimate of drug-likeness (QED) is 0.476. The molecule has 0 atom stereocenters. The Bertz CT molecular complexity index is 978. The average Bonchev–Trinajstić information content (AvgIpc) is 3.08. The molecule has 0 saturated carbocycles. The van der Waals surface area contributed by atoms with Crippen LogP contribution in [0.4, 0.5) is 18.9 Å². The second-order valence-electron chi connectivity index (χ2n) is 5.78. The highest BCUT2D eigenvalue weighted by atomic mass is 32.1. The Labute approximate surface area is 150 Å². The zero-order valence-corrected chi connectivity index (χ0v) is 14.6. The normalized spacial score (nSPS) is 12.0. The zero-order valence-electron chi connectivity index (χ0n) is 13.8. The molecular weight excluding hydrogens is 371 g/mol. The van der Waals surface area contributed by atoms with Gasteiger partial charge in [0.15, 0.2) is 5.69 Å². The summed E-state index contributed by atoms with van der Waals surface area (Å²) in [5.41, 5.74) is 0.216. The van der Waals surface area contributed by atoms with Crippen LogP contribution in [0.15, 0.2) is 24.3 Å². The van der Waals surface area contributed by atoms with Crippen molar-refractivity contribution in [1.82, 2.24) is 9.78 Å². The van der Waals surface area contributed by atoms with Gasteiger partial charge in [-0.2, -0.15) is 18.3 Å². The number of nitro benzene ring substituents is 1. The highest BCUT2D eigenvalue weighted by Gasteiger charge is 2.37. The summed E-state index contributed by atoms with van der Waals surface area (Å²) in [7, 11) is 1.45. The van der Waals surface area contributed by atoms with Crippen LogP contribution in [-0.2, 0) is 31.2 Å². The number of aromatic nitrogens is 2. The van der Waals surface area contributed by atoms with Crippen molar-refractivity contribution in [3.63, 3.8) is 0 Å². The first-order chi connectivity index (χ1) is 12.2. The summed E-state index contributed by atoms with van der Waals surface area (Å²) in [6, 6.07) is 6.22. The summed E-state index contributed by atoms with van der Waals surface area (Å²) in [5.74, 6) is 0. The van der Waals surface area contributed by atoms with Crippen molar-refractivity contribution in [2.45, 2.75) is 26.3 Å². The van der Waals surface area contributed by atoms with E-state index in [1.807, 2.05) is 0 Å². The summed E-state index contributed by atoms with van der Waals surface area (Å²) in [4.78, 5) is 11.6. The molecule has 10 heteroatoms. The van der Waals surface area contributed by atoms with Crippen LogP contribution in [0.5, 0.6) is 0 Å². The molecule has 0 aliphatic carbocycles. The Balaban J connectivity index is 1.76. The molecule has 0 N–H and O–H groups in total. The summed E-state index contributed by atoms with van der Waals surface area (Å²) in [6.07, 6.45) is -4.53. The number of halogens is 3. The molecule has 0 fully saturated rings. The molecule has 3 aromatic rings. The molecule has 2 heterocycles. The van der Waals surface area contributed by atoms with E-state index in [4.69, 9.17) is 4.74 Å². The lowest BCUT2D eigenvalue weighted by Crippen LogP contribution is -2.07. The van der Waals surface area contributed by atoms with Crippen LogP contribution in [0.1, 0.15) is 21.7 Å². The van der Waals surface area contributed by atoms with Gasteiger partial charge in [-0.05, 0) is 24.6 Å².